The maximum absolute atomic E-state index is 12.8. The van der Waals surface area contributed by atoms with Crippen LogP contribution < -0.4 is 10.1 Å². The fourth-order valence-electron chi connectivity index (χ4n) is 2.65. The van der Waals surface area contributed by atoms with Gasteiger partial charge >= 0.3 is 0 Å². The molecule has 0 fully saturated rings. The maximum Gasteiger partial charge on any atom is 0.247 e. The van der Waals surface area contributed by atoms with Gasteiger partial charge in [-0.25, -0.2) is 4.98 Å². The topological polar surface area (TPSA) is 56.2 Å². The van der Waals surface area contributed by atoms with E-state index in [1.54, 1.807) is 17.0 Å². The van der Waals surface area contributed by atoms with Crippen molar-refractivity contribution in [3.8, 4) is 5.75 Å². The van der Waals surface area contributed by atoms with Gasteiger partial charge in [-0.05, 0) is 23.8 Å². The number of ether oxygens (including phenoxy) is 1. The van der Waals surface area contributed by atoms with Crippen LogP contribution in [0.15, 0.2) is 79.8 Å². The van der Waals surface area contributed by atoms with Gasteiger partial charge in [0.05, 0.1) is 18.6 Å². The van der Waals surface area contributed by atoms with Gasteiger partial charge in [0.15, 0.2) is 0 Å². The molecule has 0 aliphatic rings. The first kappa shape index (κ1) is 17.5. The maximum atomic E-state index is 12.8. The van der Waals surface area contributed by atoms with Crippen molar-refractivity contribution in [3.05, 3.63) is 91.0 Å². The van der Waals surface area contributed by atoms with Crippen molar-refractivity contribution in [1.82, 2.24) is 14.9 Å². The fourth-order valence-corrected chi connectivity index (χ4v) is 2.65. The van der Waals surface area contributed by atoms with Crippen molar-refractivity contribution >= 4 is 12.0 Å². The summed E-state index contributed by atoms with van der Waals surface area (Å²) in [6.07, 6.45) is 5.11. The lowest BCUT2D eigenvalue weighted by Crippen LogP contribution is -2.35. The van der Waals surface area contributed by atoms with Gasteiger partial charge in [0.25, 0.3) is 0 Å². The number of nitrogens with one attached hydrogen (secondary N) is 1. The van der Waals surface area contributed by atoms with Crippen LogP contribution in [0.2, 0.25) is 0 Å². The van der Waals surface area contributed by atoms with Crippen molar-refractivity contribution in [2.75, 3.05) is 13.2 Å². The molecule has 0 bridgehead atoms. The Morgan fingerprint density at radius 3 is 2.50 bits per heavy atom. The fraction of sp³-hybridized carbons (Fsp3) is 0.143. The quantitative estimate of drug-likeness (QED) is 0.636. The zero-order valence-electron chi connectivity index (χ0n) is 14.4. The van der Waals surface area contributed by atoms with Gasteiger partial charge < -0.3 is 14.6 Å². The van der Waals surface area contributed by atoms with Crippen LogP contribution in [0.5, 0.6) is 5.75 Å². The van der Waals surface area contributed by atoms with Gasteiger partial charge in [0, 0.05) is 6.20 Å². The first-order valence-electron chi connectivity index (χ1n) is 8.44. The number of amides is 1. The number of carbonyl (C=O) groups is 1. The molecule has 1 heterocycles. The minimum atomic E-state index is -0.492. The van der Waals surface area contributed by atoms with Crippen LogP contribution in [0.1, 0.15) is 17.3 Å². The Morgan fingerprint density at radius 1 is 1.15 bits per heavy atom. The van der Waals surface area contributed by atoms with E-state index in [1.807, 2.05) is 66.9 Å². The highest BCUT2D eigenvalue weighted by Gasteiger charge is 2.22. The van der Waals surface area contributed by atoms with Crippen LogP contribution in [0.25, 0.3) is 6.08 Å². The molecule has 5 heteroatoms. The van der Waals surface area contributed by atoms with Gasteiger partial charge in [-0.1, -0.05) is 55.1 Å². The summed E-state index contributed by atoms with van der Waals surface area (Å²) < 4.78 is 7.41. The molecular formula is C21H21N3O2. The Hall–Kier alpha value is -3.34. The monoisotopic (exact) mass is 347 g/mol. The third kappa shape index (κ3) is 4.39. The summed E-state index contributed by atoms with van der Waals surface area (Å²) in [5.74, 6) is 0.674. The van der Waals surface area contributed by atoms with E-state index in [9.17, 15) is 4.79 Å². The molecule has 132 valence electrons. The van der Waals surface area contributed by atoms with E-state index in [0.29, 0.717) is 13.2 Å². The number of rotatable bonds is 8. The van der Waals surface area contributed by atoms with Crippen LogP contribution >= 0.6 is 0 Å². The molecule has 3 aromatic rings. The highest BCUT2D eigenvalue weighted by Crippen LogP contribution is 2.19. The Balaban J connectivity index is 1.66. The summed E-state index contributed by atoms with van der Waals surface area (Å²) >= 11 is 0. The number of benzene rings is 2. The zero-order valence-corrected chi connectivity index (χ0v) is 14.4. The Bertz CT molecular complexity index is 844. The Labute approximate surface area is 153 Å². The van der Waals surface area contributed by atoms with Crippen molar-refractivity contribution in [3.63, 3.8) is 0 Å². The van der Waals surface area contributed by atoms with E-state index in [2.05, 4.69) is 16.9 Å². The standard InChI is InChI=1S/C21H21N3O2/c1-2-18-15-24(16-23-18)20(17-9-5-3-6-10-17)21(25)22-13-14-26-19-11-7-4-8-12-19/h2-12,15-16,20H,1,13-14H2,(H,22,25). The van der Waals surface area contributed by atoms with Crippen LogP contribution in [0.4, 0.5) is 0 Å². The molecule has 0 aliphatic carbocycles. The number of nitrogens with zero attached hydrogens (tertiary/aromatic N) is 2. The van der Waals surface area contributed by atoms with Crippen LogP contribution in [-0.4, -0.2) is 28.6 Å². The minimum Gasteiger partial charge on any atom is -0.492 e. The van der Waals surface area contributed by atoms with E-state index in [1.165, 1.54) is 0 Å². The largest absolute Gasteiger partial charge is 0.492 e. The van der Waals surface area contributed by atoms with Crippen molar-refractivity contribution in [2.45, 2.75) is 6.04 Å². The molecule has 1 amide bonds. The third-order valence-corrected chi connectivity index (χ3v) is 3.91. The molecule has 1 atom stereocenters. The summed E-state index contributed by atoms with van der Waals surface area (Å²) in [5, 5.41) is 2.94. The predicted octanol–water partition coefficient (Wildman–Crippen LogP) is 3.31. The van der Waals surface area contributed by atoms with Crippen LogP contribution in [0, 0.1) is 0 Å². The summed E-state index contributed by atoms with van der Waals surface area (Å²) in [6, 6.07) is 18.7. The van der Waals surface area contributed by atoms with Crippen molar-refractivity contribution in [2.24, 2.45) is 0 Å². The molecule has 0 spiro atoms. The molecule has 1 unspecified atom stereocenters. The Kier molecular flexibility index (Phi) is 5.83. The third-order valence-electron chi connectivity index (χ3n) is 3.91. The molecule has 2 aromatic carbocycles. The molecule has 0 aliphatic heterocycles. The predicted molar refractivity (Wildman–Crippen MR) is 102 cm³/mol. The summed E-state index contributed by atoms with van der Waals surface area (Å²) in [7, 11) is 0. The lowest BCUT2D eigenvalue weighted by Gasteiger charge is -2.18. The second-order valence-corrected chi connectivity index (χ2v) is 5.72. The Morgan fingerprint density at radius 2 is 1.85 bits per heavy atom. The van der Waals surface area contributed by atoms with E-state index >= 15 is 0 Å². The average molecular weight is 347 g/mol. The number of imidazole rings is 1. The van der Waals surface area contributed by atoms with E-state index in [-0.39, 0.29) is 5.91 Å². The first-order valence-corrected chi connectivity index (χ1v) is 8.44. The highest BCUT2D eigenvalue weighted by molar-refractivity contribution is 5.83. The van der Waals surface area contributed by atoms with E-state index in [4.69, 9.17) is 4.74 Å². The second-order valence-electron chi connectivity index (χ2n) is 5.72. The summed E-state index contributed by atoms with van der Waals surface area (Å²) in [6.45, 7) is 4.54. The average Bonchev–Trinajstić information content (AvgIpc) is 3.16. The molecular weight excluding hydrogens is 326 g/mol. The lowest BCUT2D eigenvalue weighted by molar-refractivity contribution is -0.123. The molecule has 1 aromatic heterocycles. The summed E-state index contributed by atoms with van der Waals surface area (Å²) in [4.78, 5) is 17.1. The first-order chi connectivity index (χ1) is 12.8. The number of hydrogen-bond donors (Lipinski definition) is 1. The minimum absolute atomic E-state index is 0.110. The van der Waals surface area contributed by atoms with Crippen LogP contribution in [0.3, 0.4) is 0 Å². The SMILES string of the molecule is C=Cc1cn(C(C(=O)NCCOc2ccccc2)c2ccccc2)cn1. The van der Waals surface area contributed by atoms with Crippen LogP contribution in [-0.2, 0) is 4.79 Å². The summed E-state index contributed by atoms with van der Waals surface area (Å²) in [5.41, 5.74) is 1.62. The molecule has 1 N–H and O–H groups in total. The molecule has 5 nitrogen and oxygen atoms in total. The number of hydrogen-bond acceptors (Lipinski definition) is 3. The number of carbonyl (C=O) groups excluding carboxylic acids is 1. The van der Waals surface area contributed by atoms with Gasteiger partial charge in [-0.2, -0.15) is 0 Å². The molecule has 0 radical (unpaired) electrons. The normalized spacial score (nSPS) is 11.5. The van der Waals surface area contributed by atoms with Gasteiger partial charge in [-0.3, -0.25) is 4.79 Å². The smallest absolute Gasteiger partial charge is 0.247 e. The molecule has 0 saturated heterocycles. The molecule has 0 saturated carbocycles. The molecule has 3 rings (SSSR count). The second kappa shape index (κ2) is 8.67. The van der Waals surface area contributed by atoms with E-state index in [0.717, 1.165) is 17.0 Å². The number of aromatic nitrogens is 2. The van der Waals surface area contributed by atoms with Crippen molar-refractivity contribution in [1.29, 1.82) is 0 Å². The molecule has 26 heavy (non-hydrogen) atoms. The lowest BCUT2D eigenvalue weighted by atomic mass is 10.1. The van der Waals surface area contributed by atoms with Crippen molar-refractivity contribution < 1.29 is 9.53 Å². The van der Waals surface area contributed by atoms with Gasteiger partial charge in [0.2, 0.25) is 5.91 Å². The number of para-hydroxylation sites is 1. The van der Waals surface area contributed by atoms with Gasteiger partial charge in [0.1, 0.15) is 18.4 Å². The zero-order chi connectivity index (χ0) is 18.2. The van der Waals surface area contributed by atoms with E-state index < -0.39 is 6.04 Å². The van der Waals surface area contributed by atoms with Gasteiger partial charge in [-0.15, -0.1) is 0 Å². The highest BCUT2D eigenvalue weighted by atomic mass is 16.5.